The van der Waals surface area contributed by atoms with Gasteiger partial charge in [-0.25, -0.2) is 4.98 Å². The lowest BCUT2D eigenvalue weighted by atomic mass is 9.86. The minimum atomic E-state index is 0.0482. The highest BCUT2D eigenvalue weighted by Crippen LogP contribution is 2.37. The van der Waals surface area contributed by atoms with E-state index in [-0.39, 0.29) is 12.0 Å². The maximum atomic E-state index is 9.39. The van der Waals surface area contributed by atoms with E-state index in [4.69, 9.17) is 0 Å². The molecule has 2 unspecified atom stereocenters. The molecule has 1 fully saturated rings. The molecule has 1 saturated carbocycles. The Kier molecular flexibility index (Phi) is 3.07. The number of nitrogens with one attached hydrogen (secondary N) is 2. The number of aliphatic hydroxyl groups is 1. The van der Waals surface area contributed by atoms with Gasteiger partial charge in [0, 0.05) is 30.5 Å². The molecule has 1 aliphatic carbocycles. The average Bonchev–Trinajstić information content (AvgIpc) is 2.85. The van der Waals surface area contributed by atoms with Gasteiger partial charge in [0.15, 0.2) is 0 Å². The van der Waals surface area contributed by atoms with Crippen molar-refractivity contribution in [2.45, 2.75) is 38.8 Å². The highest BCUT2D eigenvalue weighted by molar-refractivity contribution is 4.95. The summed E-state index contributed by atoms with van der Waals surface area (Å²) in [5, 5.41) is 12.9. The van der Waals surface area contributed by atoms with Crippen LogP contribution >= 0.6 is 0 Å². The first-order chi connectivity index (χ1) is 7.24. The second-order valence-electron chi connectivity index (χ2n) is 4.67. The molecule has 0 bridgehead atoms. The topological polar surface area (TPSA) is 60.9 Å². The second-order valence-corrected chi connectivity index (χ2v) is 4.67. The van der Waals surface area contributed by atoms with E-state index in [1.165, 1.54) is 6.42 Å². The fourth-order valence-corrected chi connectivity index (χ4v) is 2.38. The summed E-state index contributed by atoms with van der Waals surface area (Å²) in [4.78, 5) is 7.24. The van der Waals surface area contributed by atoms with Crippen molar-refractivity contribution in [2.75, 3.05) is 6.61 Å². The Morgan fingerprint density at radius 2 is 2.60 bits per heavy atom. The van der Waals surface area contributed by atoms with Gasteiger partial charge >= 0.3 is 0 Å². The van der Waals surface area contributed by atoms with Crippen LogP contribution in [0.25, 0.3) is 0 Å². The van der Waals surface area contributed by atoms with Gasteiger partial charge in [-0.2, -0.15) is 0 Å². The van der Waals surface area contributed by atoms with Crippen LogP contribution < -0.4 is 5.32 Å². The number of H-pyrrole nitrogens is 1. The van der Waals surface area contributed by atoms with Crippen LogP contribution in [0.4, 0.5) is 0 Å². The van der Waals surface area contributed by atoms with Crippen LogP contribution in [-0.2, 0) is 6.54 Å². The van der Waals surface area contributed by atoms with Crippen molar-refractivity contribution in [1.29, 1.82) is 0 Å². The lowest BCUT2D eigenvalue weighted by Gasteiger charge is -2.30. The van der Waals surface area contributed by atoms with Crippen LogP contribution in [0.2, 0.25) is 0 Å². The van der Waals surface area contributed by atoms with Gasteiger partial charge in [-0.05, 0) is 12.8 Å². The van der Waals surface area contributed by atoms with Crippen LogP contribution in [0, 0.1) is 5.41 Å². The minimum absolute atomic E-state index is 0.0482. The molecular formula is C11H19N3O. The zero-order valence-corrected chi connectivity index (χ0v) is 9.16. The zero-order chi connectivity index (χ0) is 10.7. The Balaban J connectivity index is 1.89. The Hall–Kier alpha value is -0.870. The smallest absolute Gasteiger partial charge is 0.120 e. The van der Waals surface area contributed by atoms with Gasteiger partial charge in [-0.3, -0.25) is 0 Å². The Labute approximate surface area is 90.1 Å². The van der Waals surface area contributed by atoms with E-state index in [2.05, 4.69) is 22.2 Å². The maximum absolute atomic E-state index is 9.39. The molecule has 2 atom stereocenters. The fourth-order valence-electron chi connectivity index (χ4n) is 2.38. The summed E-state index contributed by atoms with van der Waals surface area (Å²) in [6.07, 6.45) is 7.05. The molecule has 0 saturated heterocycles. The molecule has 0 aromatic carbocycles. The number of imidazole rings is 1. The lowest BCUT2D eigenvalue weighted by Crippen LogP contribution is -2.41. The Morgan fingerprint density at radius 3 is 3.27 bits per heavy atom. The first-order valence-corrected chi connectivity index (χ1v) is 5.57. The number of hydrogen-bond acceptors (Lipinski definition) is 3. The molecule has 1 aromatic heterocycles. The highest BCUT2D eigenvalue weighted by atomic mass is 16.3. The number of aromatic nitrogens is 2. The van der Waals surface area contributed by atoms with Crippen LogP contribution in [0.15, 0.2) is 12.4 Å². The monoisotopic (exact) mass is 209 g/mol. The van der Waals surface area contributed by atoms with Crippen molar-refractivity contribution < 1.29 is 5.11 Å². The van der Waals surface area contributed by atoms with Gasteiger partial charge in [0.25, 0.3) is 0 Å². The summed E-state index contributed by atoms with van der Waals surface area (Å²) >= 11 is 0. The average molecular weight is 209 g/mol. The minimum Gasteiger partial charge on any atom is -0.396 e. The number of rotatable bonds is 4. The van der Waals surface area contributed by atoms with E-state index in [0.717, 1.165) is 25.2 Å². The lowest BCUT2D eigenvalue weighted by molar-refractivity contribution is 0.118. The zero-order valence-electron chi connectivity index (χ0n) is 9.16. The van der Waals surface area contributed by atoms with E-state index in [1.807, 2.05) is 6.20 Å². The molecule has 84 valence electrons. The third kappa shape index (κ3) is 2.21. The highest BCUT2D eigenvalue weighted by Gasteiger charge is 2.37. The molecule has 1 aliphatic rings. The van der Waals surface area contributed by atoms with Crippen molar-refractivity contribution in [1.82, 2.24) is 15.3 Å². The third-order valence-electron chi connectivity index (χ3n) is 3.51. The summed E-state index contributed by atoms with van der Waals surface area (Å²) in [5.41, 5.74) is 0.0482. The van der Waals surface area contributed by atoms with E-state index in [9.17, 15) is 5.11 Å². The third-order valence-corrected chi connectivity index (χ3v) is 3.51. The van der Waals surface area contributed by atoms with Crippen molar-refractivity contribution >= 4 is 0 Å². The van der Waals surface area contributed by atoms with E-state index in [0.29, 0.717) is 6.04 Å². The van der Waals surface area contributed by atoms with Gasteiger partial charge in [0.2, 0.25) is 0 Å². The first-order valence-electron chi connectivity index (χ1n) is 5.57. The van der Waals surface area contributed by atoms with Crippen LogP contribution in [0.1, 0.15) is 32.0 Å². The second kappa shape index (κ2) is 4.33. The molecule has 1 aromatic rings. The summed E-state index contributed by atoms with van der Waals surface area (Å²) in [7, 11) is 0. The van der Waals surface area contributed by atoms with E-state index in [1.54, 1.807) is 6.20 Å². The molecule has 3 N–H and O–H groups in total. The SMILES string of the molecule is CC1(CO)CCCC1NCc1ncc[nH]1. The molecule has 0 spiro atoms. The Morgan fingerprint density at radius 1 is 1.73 bits per heavy atom. The first kappa shape index (κ1) is 10.6. The van der Waals surface area contributed by atoms with Crippen molar-refractivity contribution in [2.24, 2.45) is 5.41 Å². The quantitative estimate of drug-likeness (QED) is 0.694. The van der Waals surface area contributed by atoms with Gasteiger partial charge < -0.3 is 15.4 Å². The predicted molar refractivity (Wildman–Crippen MR) is 58.3 cm³/mol. The molecule has 4 nitrogen and oxygen atoms in total. The summed E-state index contributed by atoms with van der Waals surface area (Å²) in [6.45, 7) is 3.18. The van der Waals surface area contributed by atoms with Crippen molar-refractivity contribution in [3.8, 4) is 0 Å². The molecule has 1 heterocycles. The van der Waals surface area contributed by atoms with E-state index < -0.39 is 0 Å². The van der Waals surface area contributed by atoms with Gasteiger partial charge in [0.1, 0.15) is 5.82 Å². The predicted octanol–water partition coefficient (Wildman–Crippen LogP) is 1.05. The molecule has 0 amide bonds. The molecule has 0 radical (unpaired) electrons. The molecule has 2 rings (SSSR count). The normalized spacial score (nSPS) is 30.9. The molecule has 15 heavy (non-hydrogen) atoms. The van der Waals surface area contributed by atoms with Crippen LogP contribution in [0.3, 0.4) is 0 Å². The number of aromatic amines is 1. The molecule has 0 aliphatic heterocycles. The standard InChI is InChI=1S/C11H19N3O/c1-11(8-15)4-2-3-9(11)14-7-10-12-5-6-13-10/h5-6,9,14-15H,2-4,7-8H2,1H3,(H,12,13). The molecule has 4 heteroatoms. The number of aliphatic hydroxyl groups excluding tert-OH is 1. The number of nitrogens with zero attached hydrogens (tertiary/aromatic N) is 1. The number of hydrogen-bond donors (Lipinski definition) is 3. The Bertz CT molecular complexity index is 299. The largest absolute Gasteiger partial charge is 0.396 e. The van der Waals surface area contributed by atoms with Crippen molar-refractivity contribution in [3.63, 3.8) is 0 Å². The van der Waals surface area contributed by atoms with Crippen molar-refractivity contribution in [3.05, 3.63) is 18.2 Å². The van der Waals surface area contributed by atoms with Gasteiger partial charge in [-0.15, -0.1) is 0 Å². The summed E-state index contributed by atoms with van der Waals surface area (Å²) < 4.78 is 0. The van der Waals surface area contributed by atoms with Crippen LogP contribution in [0.5, 0.6) is 0 Å². The van der Waals surface area contributed by atoms with Gasteiger partial charge in [-0.1, -0.05) is 13.3 Å². The summed E-state index contributed by atoms with van der Waals surface area (Å²) in [5.74, 6) is 0.960. The fraction of sp³-hybridized carbons (Fsp3) is 0.727. The maximum Gasteiger partial charge on any atom is 0.120 e. The van der Waals surface area contributed by atoms with Crippen LogP contribution in [-0.4, -0.2) is 27.7 Å². The molecular weight excluding hydrogens is 190 g/mol. The summed E-state index contributed by atoms with van der Waals surface area (Å²) in [6, 6.07) is 0.410. The van der Waals surface area contributed by atoms with Gasteiger partial charge in [0.05, 0.1) is 6.54 Å². The van der Waals surface area contributed by atoms with E-state index >= 15 is 0 Å².